The maximum absolute atomic E-state index is 11.4. The second kappa shape index (κ2) is 5.52. The Morgan fingerprint density at radius 3 is 2.88 bits per heavy atom. The second-order valence-corrected chi connectivity index (χ2v) is 4.18. The lowest BCUT2D eigenvalue weighted by Gasteiger charge is -2.04. The highest BCUT2D eigenvalue weighted by atomic mass is 16.3. The van der Waals surface area contributed by atoms with Crippen LogP contribution in [-0.4, -0.2) is 24.4 Å². The SMILES string of the molecule is O=C(CCCNC(=O)c1ccco1)NC1CC1. The summed E-state index contributed by atoms with van der Waals surface area (Å²) in [5.41, 5.74) is 0. The second-order valence-electron chi connectivity index (χ2n) is 4.18. The van der Waals surface area contributed by atoms with E-state index in [1.807, 2.05) is 0 Å². The van der Waals surface area contributed by atoms with Crippen molar-refractivity contribution in [3.05, 3.63) is 24.2 Å². The van der Waals surface area contributed by atoms with E-state index in [1.54, 1.807) is 12.1 Å². The van der Waals surface area contributed by atoms with Gasteiger partial charge in [-0.1, -0.05) is 0 Å². The van der Waals surface area contributed by atoms with Crippen LogP contribution in [0.1, 0.15) is 36.2 Å². The Balaban J connectivity index is 1.56. The Bertz CT molecular complexity index is 382. The fourth-order valence-electron chi connectivity index (χ4n) is 1.47. The predicted molar refractivity (Wildman–Crippen MR) is 61.4 cm³/mol. The van der Waals surface area contributed by atoms with Crippen LogP contribution in [0, 0.1) is 0 Å². The van der Waals surface area contributed by atoms with Crippen LogP contribution in [-0.2, 0) is 4.79 Å². The molecule has 5 heteroatoms. The van der Waals surface area contributed by atoms with Crippen LogP contribution in [0.15, 0.2) is 22.8 Å². The summed E-state index contributed by atoms with van der Waals surface area (Å²) in [5, 5.41) is 5.60. The molecule has 1 heterocycles. The molecule has 1 aromatic rings. The maximum Gasteiger partial charge on any atom is 0.286 e. The summed E-state index contributed by atoms with van der Waals surface area (Å²) in [6, 6.07) is 3.67. The van der Waals surface area contributed by atoms with Crippen molar-refractivity contribution >= 4 is 11.8 Å². The number of amides is 2. The zero-order chi connectivity index (χ0) is 12.1. The summed E-state index contributed by atoms with van der Waals surface area (Å²) >= 11 is 0. The van der Waals surface area contributed by atoms with Gasteiger partial charge in [-0.2, -0.15) is 0 Å². The van der Waals surface area contributed by atoms with E-state index < -0.39 is 0 Å². The van der Waals surface area contributed by atoms with Gasteiger partial charge in [-0.25, -0.2) is 0 Å². The Morgan fingerprint density at radius 2 is 2.24 bits per heavy atom. The summed E-state index contributed by atoms with van der Waals surface area (Å²) in [7, 11) is 0. The standard InChI is InChI=1S/C12H16N2O3/c15-11(14-9-5-6-9)4-1-7-13-12(16)10-3-2-8-17-10/h2-3,8-9H,1,4-7H2,(H,13,16)(H,14,15). The number of carbonyl (C=O) groups is 2. The van der Waals surface area contributed by atoms with Gasteiger partial charge in [0.05, 0.1) is 6.26 Å². The average molecular weight is 236 g/mol. The van der Waals surface area contributed by atoms with Gasteiger partial charge in [-0.15, -0.1) is 0 Å². The molecule has 0 aliphatic heterocycles. The van der Waals surface area contributed by atoms with E-state index >= 15 is 0 Å². The molecule has 2 amide bonds. The van der Waals surface area contributed by atoms with Gasteiger partial charge < -0.3 is 15.1 Å². The van der Waals surface area contributed by atoms with Gasteiger partial charge in [0.25, 0.3) is 5.91 Å². The van der Waals surface area contributed by atoms with Crippen molar-refractivity contribution in [2.24, 2.45) is 0 Å². The fourth-order valence-corrected chi connectivity index (χ4v) is 1.47. The van der Waals surface area contributed by atoms with Crippen LogP contribution in [0.3, 0.4) is 0 Å². The van der Waals surface area contributed by atoms with Gasteiger partial charge in [0.2, 0.25) is 5.91 Å². The van der Waals surface area contributed by atoms with Gasteiger partial charge in [0.15, 0.2) is 5.76 Å². The number of nitrogens with one attached hydrogen (secondary N) is 2. The van der Waals surface area contributed by atoms with Gasteiger partial charge >= 0.3 is 0 Å². The third-order valence-electron chi connectivity index (χ3n) is 2.55. The smallest absolute Gasteiger partial charge is 0.286 e. The molecule has 0 aromatic carbocycles. The molecule has 0 bridgehead atoms. The molecule has 0 radical (unpaired) electrons. The molecule has 1 aromatic heterocycles. The minimum absolute atomic E-state index is 0.0692. The molecular formula is C12H16N2O3. The molecule has 2 N–H and O–H groups in total. The predicted octanol–water partition coefficient (Wildman–Crippen LogP) is 1.07. The normalized spacial score (nSPS) is 14.4. The summed E-state index contributed by atoms with van der Waals surface area (Å²) in [6.45, 7) is 0.484. The van der Waals surface area contributed by atoms with Crippen molar-refractivity contribution in [1.82, 2.24) is 10.6 Å². The lowest BCUT2D eigenvalue weighted by molar-refractivity contribution is -0.121. The molecule has 0 spiro atoms. The van der Waals surface area contributed by atoms with E-state index in [4.69, 9.17) is 4.42 Å². The van der Waals surface area contributed by atoms with Gasteiger partial charge in [0.1, 0.15) is 0 Å². The first-order valence-corrected chi connectivity index (χ1v) is 5.87. The molecule has 1 aliphatic rings. The highest BCUT2D eigenvalue weighted by Gasteiger charge is 2.22. The average Bonchev–Trinajstić information content (AvgIpc) is 2.96. The molecule has 92 valence electrons. The lowest BCUT2D eigenvalue weighted by atomic mass is 10.3. The van der Waals surface area contributed by atoms with E-state index in [1.165, 1.54) is 6.26 Å². The van der Waals surface area contributed by atoms with E-state index in [2.05, 4.69) is 10.6 Å². The zero-order valence-electron chi connectivity index (χ0n) is 9.57. The Kier molecular flexibility index (Phi) is 3.80. The maximum atomic E-state index is 11.4. The molecule has 0 saturated heterocycles. The first kappa shape index (κ1) is 11.7. The van der Waals surface area contributed by atoms with Crippen molar-refractivity contribution in [3.63, 3.8) is 0 Å². The first-order valence-electron chi connectivity index (χ1n) is 5.87. The van der Waals surface area contributed by atoms with Crippen LogP contribution >= 0.6 is 0 Å². The van der Waals surface area contributed by atoms with Crippen molar-refractivity contribution in [2.45, 2.75) is 31.7 Å². The molecule has 0 atom stereocenters. The Labute approximate surface area is 99.6 Å². The topological polar surface area (TPSA) is 71.3 Å². The summed E-state index contributed by atoms with van der Waals surface area (Å²) in [5.74, 6) is 0.129. The number of furan rings is 1. The van der Waals surface area contributed by atoms with Gasteiger partial charge in [-0.3, -0.25) is 9.59 Å². The minimum atomic E-state index is -0.238. The van der Waals surface area contributed by atoms with Crippen molar-refractivity contribution in [1.29, 1.82) is 0 Å². The Hall–Kier alpha value is -1.78. The van der Waals surface area contributed by atoms with Crippen LogP contribution in [0.5, 0.6) is 0 Å². The van der Waals surface area contributed by atoms with E-state index in [0.29, 0.717) is 31.2 Å². The van der Waals surface area contributed by atoms with E-state index in [0.717, 1.165) is 12.8 Å². The minimum Gasteiger partial charge on any atom is -0.459 e. The monoisotopic (exact) mass is 236 g/mol. The highest BCUT2D eigenvalue weighted by Crippen LogP contribution is 2.18. The molecule has 1 fully saturated rings. The summed E-state index contributed by atoms with van der Waals surface area (Å²) in [4.78, 5) is 22.8. The van der Waals surface area contributed by atoms with Crippen molar-refractivity contribution in [3.8, 4) is 0 Å². The zero-order valence-corrected chi connectivity index (χ0v) is 9.57. The van der Waals surface area contributed by atoms with Crippen molar-refractivity contribution < 1.29 is 14.0 Å². The van der Waals surface area contributed by atoms with Gasteiger partial charge in [-0.05, 0) is 31.4 Å². The molecule has 5 nitrogen and oxygen atoms in total. The van der Waals surface area contributed by atoms with Crippen LogP contribution in [0.2, 0.25) is 0 Å². The lowest BCUT2D eigenvalue weighted by Crippen LogP contribution is -2.28. The third-order valence-corrected chi connectivity index (χ3v) is 2.55. The van der Waals surface area contributed by atoms with Crippen LogP contribution in [0.4, 0.5) is 0 Å². The molecule has 1 saturated carbocycles. The molecule has 0 unspecified atom stereocenters. The number of hydrogen-bond acceptors (Lipinski definition) is 3. The van der Waals surface area contributed by atoms with Crippen LogP contribution in [0.25, 0.3) is 0 Å². The summed E-state index contributed by atoms with van der Waals surface area (Å²) in [6.07, 6.45) is 4.75. The van der Waals surface area contributed by atoms with Crippen LogP contribution < -0.4 is 10.6 Å². The van der Waals surface area contributed by atoms with E-state index in [-0.39, 0.29) is 11.8 Å². The third kappa shape index (κ3) is 3.94. The molecule has 17 heavy (non-hydrogen) atoms. The Morgan fingerprint density at radius 1 is 1.41 bits per heavy atom. The summed E-state index contributed by atoms with van der Waals surface area (Å²) < 4.78 is 4.94. The largest absolute Gasteiger partial charge is 0.459 e. The molecule has 2 rings (SSSR count). The number of hydrogen-bond donors (Lipinski definition) is 2. The van der Waals surface area contributed by atoms with E-state index in [9.17, 15) is 9.59 Å². The number of rotatable bonds is 6. The molecular weight excluding hydrogens is 220 g/mol. The fraction of sp³-hybridized carbons (Fsp3) is 0.500. The van der Waals surface area contributed by atoms with Crippen molar-refractivity contribution in [2.75, 3.05) is 6.54 Å². The van der Waals surface area contributed by atoms with Gasteiger partial charge in [0, 0.05) is 19.0 Å². The quantitative estimate of drug-likeness (QED) is 0.726. The molecule has 1 aliphatic carbocycles. The number of carbonyl (C=O) groups excluding carboxylic acids is 2. The first-order chi connectivity index (χ1) is 8.25. The highest BCUT2D eigenvalue weighted by molar-refractivity contribution is 5.91.